The molecule has 1 aromatic carbocycles. The summed E-state index contributed by atoms with van der Waals surface area (Å²) in [5.41, 5.74) is 6.07. The number of benzene rings is 1. The Morgan fingerprint density at radius 2 is 2.28 bits per heavy atom. The lowest BCUT2D eigenvalue weighted by atomic mass is 10.2. The molecule has 0 fully saturated rings. The van der Waals surface area contributed by atoms with E-state index in [0.29, 0.717) is 11.5 Å². The Balaban J connectivity index is 2.61. The summed E-state index contributed by atoms with van der Waals surface area (Å²) < 4.78 is 16.0. The highest BCUT2D eigenvalue weighted by Crippen LogP contribution is 2.26. The molecule has 3 N–H and O–H groups in total. The first-order valence-corrected chi connectivity index (χ1v) is 5.81. The number of hydrogen-bond donors (Lipinski definition) is 2. The largest absolute Gasteiger partial charge is 0.409 e. The first-order valence-electron chi connectivity index (χ1n) is 5.02. The Morgan fingerprint density at radius 1 is 1.56 bits per heavy atom. The Labute approximate surface area is 111 Å². The average Bonchev–Trinajstić information content (AvgIpc) is 2.78. The van der Waals surface area contributed by atoms with Crippen LogP contribution in [0.15, 0.2) is 34.2 Å². The first-order chi connectivity index (χ1) is 8.56. The topological polar surface area (TPSA) is 76.4 Å². The SMILES string of the molecule is Cc1nccn1-c1ccc(/C(N)=N/O)c(Br)c1F. The maximum atomic E-state index is 14.2. The van der Waals surface area contributed by atoms with Crippen molar-refractivity contribution in [2.45, 2.75) is 6.92 Å². The van der Waals surface area contributed by atoms with E-state index >= 15 is 0 Å². The minimum absolute atomic E-state index is 0.142. The molecule has 0 atom stereocenters. The van der Waals surface area contributed by atoms with Gasteiger partial charge < -0.3 is 15.5 Å². The second-order valence-corrected chi connectivity index (χ2v) is 4.38. The van der Waals surface area contributed by atoms with Gasteiger partial charge in [-0.05, 0) is 35.0 Å². The maximum absolute atomic E-state index is 14.2. The van der Waals surface area contributed by atoms with Gasteiger partial charge in [-0.25, -0.2) is 9.37 Å². The van der Waals surface area contributed by atoms with Crippen molar-refractivity contribution in [3.63, 3.8) is 0 Å². The van der Waals surface area contributed by atoms with Crippen molar-refractivity contribution < 1.29 is 9.60 Å². The molecule has 0 aliphatic heterocycles. The van der Waals surface area contributed by atoms with Crippen molar-refractivity contribution in [1.82, 2.24) is 9.55 Å². The van der Waals surface area contributed by atoms with E-state index in [1.165, 1.54) is 0 Å². The summed E-state index contributed by atoms with van der Waals surface area (Å²) >= 11 is 3.10. The number of hydrogen-bond acceptors (Lipinski definition) is 3. The Morgan fingerprint density at radius 3 is 2.83 bits per heavy atom. The fourth-order valence-corrected chi connectivity index (χ4v) is 2.15. The van der Waals surface area contributed by atoms with Gasteiger partial charge >= 0.3 is 0 Å². The molecule has 1 heterocycles. The highest BCUT2D eigenvalue weighted by molar-refractivity contribution is 9.10. The summed E-state index contributed by atoms with van der Waals surface area (Å²) in [6.45, 7) is 1.77. The van der Waals surface area contributed by atoms with E-state index < -0.39 is 5.82 Å². The maximum Gasteiger partial charge on any atom is 0.171 e. The average molecular weight is 313 g/mol. The molecular formula is C11H10BrFN4O. The van der Waals surface area contributed by atoms with Gasteiger partial charge in [0.1, 0.15) is 5.82 Å². The molecule has 0 bridgehead atoms. The summed E-state index contributed by atoms with van der Waals surface area (Å²) in [7, 11) is 0. The normalized spacial score (nSPS) is 11.8. The number of nitrogens with zero attached hydrogens (tertiary/aromatic N) is 3. The van der Waals surface area contributed by atoms with Crippen LogP contribution in [-0.2, 0) is 0 Å². The Kier molecular flexibility index (Phi) is 3.33. The second-order valence-electron chi connectivity index (χ2n) is 3.59. The summed E-state index contributed by atoms with van der Waals surface area (Å²) in [6.07, 6.45) is 3.24. The number of aromatic nitrogens is 2. The van der Waals surface area contributed by atoms with Gasteiger partial charge in [0.2, 0.25) is 0 Å². The van der Waals surface area contributed by atoms with E-state index in [0.717, 1.165) is 0 Å². The molecule has 0 amide bonds. The van der Waals surface area contributed by atoms with Crippen LogP contribution >= 0.6 is 15.9 Å². The summed E-state index contributed by atoms with van der Waals surface area (Å²) in [6, 6.07) is 3.11. The van der Waals surface area contributed by atoms with E-state index in [1.807, 2.05) is 0 Å². The molecule has 0 aliphatic carbocycles. The number of rotatable bonds is 2. The molecule has 7 heteroatoms. The van der Waals surface area contributed by atoms with Crippen LogP contribution in [0.2, 0.25) is 0 Å². The third-order valence-corrected chi connectivity index (χ3v) is 3.31. The van der Waals surface area contributed by atoms with Crippen LogP contribution in [0.3, 0.4) is 0 Å². The van der Waals surface area contributed by atoms with Crippen molar-refractivity contribution in [3.8, 4) is 5.69 Å². The van der Waals surface area contributed by atoms with Crippen LogP contribution in [0.5, 0.6) is 0 Å². The van der Waals surface area contributed by atoms with Crippen LogP contribution in [0, 0.1) is 12.7 Å². The summed E-state index contributed by atoms with van der Waals surface area (Å²) in [5.74, 6) is 0.00669. The molecule has 0 spiro atoms. The van der Waals surface area contributed by atoms with E-state index in [1.54, 1.807) is 36.0 Å². The molecule has 0 unspecified atom stereocenters. The van der Waals surface area contributed by atoms with Gasteiger partial charge in [0.05, 0.1) is 10.2 Å². The van der Waals surface area contributed by atoms with Crippen molar-refractivity contribution in [1.29, 1.82) is 0 Å². The third-order valence-electron chi connectivity index (χ3n) is 2.53. The molecule has 2 rings (SSSR count). The molecule has 5 nitrogen and oxygen atoms in total. The van der Waals surface area contributed by atoms with Gasteiger partial charge in [0.25, 0.3) is 0 Å². The predicted octanol–water partition coefficient (Wildman–Crippen LogP) is 2.18. The number of amidine groups is 1. The quantitative estimate of drug-likeness (QED) is 0.386. The van der Waals surface area contributed by atoms with Gasteiger partial charge in [0.15, 0.2) is 11.7 Å². The Hall–Kier alpha value is -1.89. The van der Waals surface area contributed by atoms with E-state index in [4.69, 9.17) is 10.9 Å². The molecule has 0 saturated carbocycles. The highest BCUT2D eigenvalue weighted by Gasteiger charge is 2.15. The lowest BCUT2D eigenvalue weighted by Crippen LogP contribution is -2.15. The van der Waals surface area contributed by atoms with E-state index in [-0.39, 0.29) is 15.9 Å². The molecular weight excluding hydrogens is 303 g/mol. The summed E-state index contributed by atoms with van der Waals surface area (Å²) in [5, 5.41) is 11.5. The van der Waals surface area contributed by atoms with E-state index in [2.05, 4.69) is 26.1 Å². The monoisotopic (exact) mass is 312 g/mol. The standard InChI is InChI=1S/C11H10BrFN4O/c1-6-15-4-5-17(6)8-3-2-7(11(14)16-18)9(12)10(8)13/h2-5,18H,1H3,(H2,14,16). The molecule has 2 aromatic rings. The zero-order valence-corrected chi connectivity index (χ0v) is 11.0. The minimum atomic E-state index is -0.500. The molecule has 0 aliphatic rings. The van der Waals surface area contributed by atoms with Crippen molar-refractivity contribution in [2.75, 3.05) is 0 Å². The van der Waals surface area contributed by atoms with Gasteiger partial charge in [-0.1, -0.05) is 5.16 Å². The van der Waals surface area contributed by atoms with E-state index in [9.17, 15) is 4.39 Å². The Bertz CT molecular complexity index is 624. The minimum Gasteiger partial charge on any atom is -0.409 e. The fraction of sp³-hybridized carbons (Fsp3) is 0.0909. The fourth-order valence-electron chi connectivity index (χ4n) is 1.61. The van der Waals surface area contributed by atoms with Crippen LogP contribution < -0.4 is 5.73 Å². The van der Waals surface area contributed by atoms with Crippen LogP contribution in [0.4, 0.5) is 4.39 Å². The zero-order chi connectivity index (χ0) is 13.3. The second kappa shape index (κ2) is 4.77. The molecule has 0 saturated heterocycles. The number of aryl methyl sites for hydroxylation is 1. The molecule has 1 aromatic heterocycles. The lowest BCUT2D eigenvalue weighted by Gasteiger charge is -2.10. The lowest BCUT2D eigenvalue weighted by molar-refractivity contribution is 0.318. The smallest absolute Gasteiger partial charge is 0.171 e. The number of oxime groups is 1. The van der Waals surface area contributed by atoms with Crippen molar-refractivity contribution >= 4 is 21.8 Å². The molecule has 94 valence electrons. The van der Waals surface area contributed by atoms with Crippen molar-refractivity contribution in [3.05, 3.63) is 46.2 Å². The number of nitrogens with two attached hydrogens (primary N) is 1. The van der Waals surface area contributed by atoms with Gasteiger partial charge in [-0.3, -0.25) is 0 Å². The molecule has 18 heavy (non-hydrogen) atoms. The third kappa shape index (κ3) is 1.97. The highest BCUT2D eigenvalue weighted by atomic mass is 79.9. The van der Waals surface area contributed by atoms with Crippen molar-refractivity contribution in [2.24, 2.45) is 10.9 Å². The molecule has 0 radical (unpaired) electrons. The van der Waals surface area contributed by atoms with Gasteiger partial charge in [-0.15, -0.1) is 0 Å². The summed E-state index contributed by atoms with van der Waals surface area (Å²) in [4.78, 5) is 4.03. The zero-order valence-electron chi connectivity index (χ0n) is 9.43. The van der Waals surface area contributed by atoms with Gasteiger partial charge in [-0.2, -0.15) is 0 Å². The van der Waals surface area contributed by atoms with Crippen LogP contribution in [0.1, 0.15) is 11.4 Å². The number of halogens is 2. The van der Waals surface area contributed by atoms with Crippen LogP contribution in [0.25, 0.3) is 5.69 Å². The predicted molar refractivity (Wildman–Crippen MR) is 68.5 cm³/mol. The van der Waals surface area contributed by atoms with Crippen LogP contribution in [-0.4, -0.2) is 20.6 Å². The van der Waals surface area contributed by atoms with Gasteiger partial charge in [0, 0.05) is 18.0 Å². The number of imidazole rings is 1. The first kappa shape index (κ1) is 12.6.